The SMILES string of the molecule is CCCCc1c(-c2c(C)cc(C)cc2C)c2nc(CC)nc(N)c2n1C. The molecule has 2 aromatic heterocycles. The van der Waals surface area contributed by atoms with Crippen LogP contribution in [-0.2, 0) is 19.9 Å². The van der Waals surface area contributed by atoms with Gasteiger partial charge in [0.1, 0.15) is 16.9 Å². The Hall–Kier alpha value is -2.36. The molecule has 4 nitrogen and oxygen atoms in total. The van der Waals surface area contributed by atoms with E-state index in [2.05, 4.69) is 63.4 Å². The fraction of sp³-hybridized carbons (Fsp3) is 0.455. The number of nitrogens with zero attached hydrogens (tertiary/aromatic N) is 3. The topological polar surface area (TPSA) is 56.7 Å². The van der Waals surface area contributed by atoms with E-state index in [4.69, 9.17) is 10.7 Å². The Bertz CT molecular complexity index is 943. The van der Waals surface area contributed by atoms with Gasteiger partial charge in [-0.1, -0.05) is 38.0 Å². The lowest BCUT2D eigenvalue weighted by molar-refractivity contribution is 0.743. The van der Waals surface area contributed by atoms with Gasteiger partial charge in [-0.25, -0.2) is 9.97 Å². The first-order valence-corrected chi connectivity index (χ1v) is 9.60. The number of benzene rings is 1. The Morgan fingerprint density at radius 2 is 1.65 bits per heavy atom. The summed E-state index contributed by atoms with van der Waals surface area (Å²) in [6, 6.07) is 4.52. The number of anilines is 1. The van der Waals surface area contributed by atoms with Gasteiger partial charge >= 0.3 is 0 Å². The van der Waals surface area contributed by atoms with Crippen LogP contribution in [0.5, 0.6) is 0 Å². The Balaban J connectivity index is 2.44. The molecule has 3 rings (SSSR count). The molecule has 138 valence electrons. The van der Waals surface area contributed by atoms with E-state index in [9.17, 15) is 0 Å². The quantitative estimate of drug-likeness (QED) is 0.700. The highest BCUT2D eigenvalue weighted by molar-refractivity contribution is 6.01. The maximum Gasteiger partial charge on any atom is 0.151 e. The summed E-state index contributed by atoms with van der Waals surface area (Å²) in [5.74, 6) is 1.40. The fourth-order valence-corrected chi connectivity index (χ4v) is 4.10. The van der Waals surface area contributed by atoms with E-state index in [0.717, 1.165) is 42.5 Å². The van der Waals surface area contributed by atoms with Crippen LogP contribution in [0.4, 0.5) is 5.82 Å². The average Bonchev–Trinajstić information content (AvgIpc) is 2.84. The van der Waals surface area contributed by atoms with Crippen LogP contribution in [-0.4, -0.2) is 14.5 Å². The van der Waals surface area contributed by atoms with E-state index in [1.165, 1.54) is 33.5 Å². The van der Waals surface area contributed by atoms with Gasteiger partial charge in [-0.15, -0.1) is 0 Å². The van der Waals surface area contributed by atoms with Crippen LogP contribution in [0, 0.1) is 20.8 Å². The number of hydrogen-bond donors (Lipinski definition) is 1. The van der Waals surface area contributed by atoms with Crippen LogP contribution in [0.3, 0.4) is 0 Å². The molecule has 0 unspecified atom stereocenters. The minimum atomic E-state index is 0.584. The lowest BCUT2D eigenvalue weighted by Gasteiger charge is -2.14. The molecule has 0 atom stereocenters. The molecule has 4 heteroatoms. The maximum atomic E-state index is 6.35. The predicted molar refractivity (Wildman–Crippen MR) is 111 cm³/mol. The molecule has 2 N–H and O–H groups in total. The van der Waals surface area contributed by atoms with Crippen molar-refractivity contribution in [3.05, 3.63) is 40.3 Å². The first-order valence-electron chi connectivity index (χ1n) is 9.60. The molecule has 0 spiro atoms. The molecular formula is C22H30N4. The van der Waals surface area contributed by atoms with E-state index in [-0.39, 0.29) is 0 Å². The molecule has 0 bridgehead atoms. The molecule has 1 aromatic carbocycles. The zero-order chi connectivity index (χ0) is 19.0. The van der Waals surface area contributed by atoms with Crippen LogP contribution in [0.1, 0.15) is 54.9 Å². The van der Waals surface area contributed by atoms with Gasteiger partial charge in [-0.05, 0) is 50.3 Å². The number of aryl methyl sites for hydroxylation is 5. The minimum absolute atomic E-state index is 0.584. The lowest BCUT2D eigenvalue weighted by atomic mass is 9.92. The van der Waals surface area contributed by atoms with E-state index in [1.807, 2.05) is 0 Å². The van der Waals surface area contributed by atoms with Crippen molar-refractivity contribution < 1.29 is 0 Å². The van der Waals surface area contributed by atoms with Gasteiger partial charge in [-0.2, -0.15) is 0 Å². The first kappa shape index (κ1) is 18.4. The van der Waals surface area contributed by atoms with Gasteiger partial charge in [-0.3, -0.25) is 0 Å². The largest absolute Gasteiger partial charge is 0.382 e. The van der Waals surface area contributed by atoms with E-state index < -0.39 is 0 Å². The van der Waals surface area contributed by atoms with Gasteiger partial charge in [0.2, 0.25) is 0 Å². The van der Waals surface area contributed by atoms with Crippen LogP contribution < -0.4 is 5.73 Å². The highest BCUT2D eigenvalue weighted by Gasteiger charge is 2.23. The summed E-state index contributed by atoms with van der Waals surface area (Å²) in [6.45, 7) is 10.9. The Morgan fingerprint density at radius 1 is 1.00 bits per heavy atom. The van der Waals surface area contributed by atoms with Crippen LogP contribution >= 0.6 is 0 Å². The second kappa shape index (κ2) is 7.10. The molecule has 0 aliphatic carbocycles. The van der Waals surface area contributed by atoms with E-state index in [1.54, 1.807) is 0 Å². The first-order chi connectivity index (χ1) is 12.4. The summed E-state index contributed by atoms with van der Waals surface area (Å²) in [4.78, 5) is 9.43. The summed E-state index contributed by atoms with van der Waals surface area (Å²) < 4.78 is 2.22. The summed E-state index contributed by atoms with van der Waals surface area (Å²) in [5, 5.41) is 0. The van der Waals surface area contributed by atoms with Crippen molar-refractivity contribution in [1.82, 2.24) is 14.5 Å². The summed E-state index contributed by atoms with van der Waals surface area (Å²) in [7, 11) is 2.10. The van der Waals surface area contributed by atoms with Crippen molar-refractivity contribution in [3.8, 4) is 11.1 Å². The monoisotopic (exact) mass is 350 g/mol. The summed E-state index contributed by atoms with van der Waals surface area (Å²) in [6.07, 6.45) is 4.11. The van der Waals surface area contributed by atoms with Crippen molar-refractivity contribution >= 4 is 16.9 Å². The standard InChI is InChI=1S/C22H30N4/c1-7-9-10-16-19(18-14(4)11-13(3)12-15(18)5)20-21(26(16)6)22(23)25-17(8-2)24-20/h11-12H,7-10H2,1-6H3,(H2,23,24,25). The number of unbranched alkanes of at least 4 members (excludes halogenated alkanes) is 1. The third-order valence-corrected chi connectivity index (χ3v) is 5.23. The van der Waals surface area contributed by atoms with Crippen LogP contribution in [0.25, 0.3) is 22.2 Å². The van der Waals surface area contributed by atoms with E-state index in [0.29, 0.717) is 5.82 Å². The lowest BCUT2D eigenvalue weighted by Crippen LogP contribution is -2.03. The van der Waals surface area contributed by atoms with Gasteiger partial charge < -0.3 is 10.3 Å². The van der Waals surface area contributed by atoms with Gasteiger partial charge in [0.15, 0.2) is 5.82 Å². The molecule has 2 heterocycles. The second-order valence-corrected chi connectivity index (χ2v) is 7.33. The maximum absolute atomic E-state index is 6.35. The molecule has 0 saturated heterocycles. The highest BCUT2D eigenvalue weighted by Crippen LogP contribution is 2.39. The molecule has 0 amide bonds. The van der Waals surface area contributed by atoms with Crippen molar-refractivity contribution in [2.45, 2.75) is 60.3 Å². The molecule has 3 aromatic rings. The third kappa shape index (κ3) is 2.98. The third-order valence-electron chi connectivity index (χ3n) is 5.23. The minimum Gasteiger partial charge on any atom is -0.382 e. The van der Waals surface area contributed by atoms with E-state index >= 15 is 0 Å². The molecule has 0 fully saturated rings. The fourth-order valence-electron chi connectivity index (χ4n) is 4.10. The van der Waals surface area contributed by atoms with Crippen molar-refractivity contribution in [1.29, 1.82) is 0 Å². The van der Waals surface area contributed by atoms with Crippen molar-refractivity contribution in [2.24, 2.45) is 7.05 Å². The summed E-state index contributed by atoms with van der Waals surface area (Å²) in [5.41, 5.74) is 16.0. The molecule has 0 aliphatic heterocycles. The van der Waals surface area contributed by atoms with Crippen LogP contribution in [0.15, 0.2) is 12.1 Å². The van der Waals surface area contributed by atoms with Gasteiger partial charge in [0, 0.05) is 24.7 Å². The van der Waals surface area contributed by atoms with Crippen molar-refractivity contribution in [3.63, 3.8) is 0 Å². The number of aromatic nitrogens is 3. The second-order valence-electron chi connectivity index (χ2n) is 7.33. The van der Waals surface area contributed by atoms with Crippen LogP contribution in [0.2, 0.25) is 0 Å². The summed E-state index contributed by atoms with van der Waals surface area (Å²) >= 11 is 0. The number of nitrogens with two attached hydrogens (primary N) is 1. The Kier molecular flexibility index (Phi) is 5.03. The molecule has 0 saturated carbocycles. The average molecular weight is 351 g/mol. The predicted octanol–water partition coefficient (Wildman–Crippen LogP) is 5.05. The zero-order valence-corrected chi connectivity index (χ0v) is 16.9. The Morgan fingerprint density at radius 3 is 2.23 bits per heavy atom. The van der Waals surface area contributed by atoms with Gasteiger partial charge in [0.25, 0.3) is 0 Å². The number of nitrogen functional groups attached to an aromatic ring is 1. The molecule has 0 radical (unpaired) electrons. The number of fused-ring (bicyclic) bond motifs is 1. The smallest absolute Gasteiger partial charge is 0.151 e. The van der Waals surface area contributed by atoms with Gasteiger partial charge in [0.05, 0.1) is 0 Å². The molecule has 0 aliphatic rings. The number of hydrogen-bond acceptors (Lipinski definition) is 3. The zero-order valence-electron chi connectivity index (χ0n) is 16.9. The normalized spacial score (nSPS) is 11.5. The Labute approximate surface area is 156 Å². The molecular weight excluding hydrogens is 320 g/mol. The number of rotatable bonds is 5. The molecule has 26 heavy (non-hydrogen) atoms. The van der Waals surface area contributed by atoms with Crippen molar-refractivity contribution in [2.75, 3.05) is 5.73 Å². The highest BCUT2D eigenvalue weighted by atomic mass is 15.0.